The molecule has 2 heterocycles. The van der Waals surface area contributed by atoms with Crippen molar-refractivity contribution in [3.8, 4) is 0 Å². The molecule has 0 fully saturated rings. The van der Waals surface area contributed by atoms with Crippen molar-refractivity contribution >= 4 is 37.6 Å². The van der Waals surface area contributed by atoms with E-state index in [1.165, 1.54) is 0 Å². The van der Waals surface area contributed by atoms with E-state index in [1.54, 1.807) is 53.2 Å². The number of carbonyl (C=O) groups excluding carboxylic acids is 1. The summed E-state index contributed by atoms with van der Waals surface area (Å²) in [5.41, 5.74) is 3.85. The van der Waals surface area contributed by atoms with E-state index >= 15 is 0 Å². The number of hydrogen-bond donors (Lipinski definition) is 2. The van der Waals surface area contributed by atoms with Crippen molar-refractivity contribution in [1.82, 2.24) is 14.9 Å². The number of benzene rings is 3. The third-order valence-corrected chi connectivity index (χ3v) is 7.52. The van der Waals surface area contributed by atoms with Crippen LogP contribution in [0.2, 0.25) is 0 Å². The predicted octanol–water partition coefficient (Wildman–Crippen LogP) is 4.58. The first kappa shape index (κ1) is 21.0. The van der Waals surface area contributed by atoms with Gasteiger partial charge in [-0.3, -0.25) is 4.79 Å². The van der Waals surface area contributed by atoms with Gasteiger partial charge in [0.2, 0.25) is 15.7 Å². The molecule has 3 aromatic carbocycles. The highest BCUT2D eigenvalue weighted by molar-refractivity contribution is 7.91. The number of aromatic nitrogens is 2. The molecule has 0 atom stereocenters. The van der Waals surface area contributed by atoms with Crippen LogP contribution >= 0.6 is 0 Å². The van der Waals surface area contributed by atoms with Crippen LogP contribution in [-0.2, 0) is 27.7 Å². The van der Waals surface area contributed by atoms with E-state index in [0.717, 1.165) is 22.2 Å². The second-order valence-electron chi connectivity index (χ2n) is 8.11. The second kappa shape index (κ2) is 8.26. The first-order valence-electron chi connectivity index (χ1n) is 10.6. The lowest BCUT2D eigenvalue weighted by molar-refractivity contribution is -0.121. The highest BCUT2D eigenvalue weighted by atomic mass is 32.2. The highest BCUT2D eigenvalue weighted by Gasteiger charge is 2.23. The van der Waals surface area contributed by atoms with Gasteiger partial charge in [-0.25, -0.2) is 8.42 Å². The van der Waals surface area contributed by atoms with E-state index in [1.807, 2.05) is 31.2 Å². The Morgan fingerprint density at radius 3 is 2.55 bits per heavy atom. The smallest absolute Gasteiger partial charge is 0.240 e. The third kappa shape index (κ3) is 4.03. The van der Waals surface area contributed by atoms with Gasteiger partial charge < -0.3 is 14.9 Å². The van der Waals surface area contributed by atoms with E-state index in [0.29, 0.717) is 17.4 Å². The van der Waals surface area contributed by atoms with Crippen LogP contribution in [-0.4, -0.2) is 23.9 Å². The first-order chi connectivity index (χ1) is 15.9. The summed E-state index contributed by atoms with van der Waals surface area (Å²) in [6, 6.07) is 23.7. The molecule has 0 aliphatic rings. The number of para-hydroxylation sites is 1. The van der Waals surface area contributed by atoms with Crippen molar-refractivity contribution in [3.05, 3.63) is 96.3 Å². The monoisotopic (exact) mass is 457 g/mol. The quantitative estimate of drug-likeness (QED) is 0.391. The summed E-state index contributed by atoms with van der Waals surface area (Å²) in [4.78, 5) is 16.5. The van der Waals surface area contributed by atoms with Crippen molar-refractivity contribution in [1.29, 1.82) is 0 Å². The number of sulfone groups is 1. The molecule has 2 N–H and O–H groups in total. The average molecular weight is 458 g/mol. The molecule has 166 valence electrons. The van der Waals surface area contributed by atoms with E-state index < -0.39 is 9.84 Å². The number of rotatable bonds is 6. The Morgan fingerprint density at radius 2 is 1.73 bits per heavy atom. The Balaban J connectivity index is 1.39. The number of fused-ring (bicyclic) bond motifs is 2. The maximum Gasteiger partial charge on any atom is 0.240 e. The summed E-state index contributed by atoms with van der Waals surface area (Å²) in [6.07, 6.45) is 1.56. The molecule has 5 aromatic rings. The van der Waals surface area contributed by atoms with Crippen molar-refractivity contribution in [3.63, 3.8) is 0 Å². The summed E-state index contributed by atoms with van der Waals surface area (Å²) in [6.45, 7) is 2.43. The Hall–Kier alpha value is -3.84. The van der Waals surface area contributed by atoms with Gasteiger partial charge in [0.25, 0.3) is 0 Å². The number of aryl methyl sites for hydroxylation is 1. The van der Waals surface area contributed by atoms with Gasteiger partial charge in [0, 0.05) is 34.9 Å². The maximum atomic E-state index is 13.3. The Kier molecular flexibility index (Phi) is 5.26. The van der Waals surface area contributed by atoms with Crippen molar-refractivity contribution < 1.29 is 13.2 Å². The molecule has 0 aliphatic heterocycles. The van der Waals surface area contributed by atoms with Gasteiger partial charge in [-0.05, 0) is 54.3 Å². The topological polar surface area (TPSA) is 84.0 Å². The Bertz CT molecular complexity index is 1580. The largest absolute Gasteiger partial charge is 0.359 e. The molecule has 7 heteroatoms. The van der Waals surface area contributed by atoms with Crippen LogP contribution in [0.25, 0.3) is 21.8 Å². The van der Waals surface area contributed by atoms with Crippen molar-refractivity contribution in [2.75, 3.05) is 0 Å². The minimum absolute atomic E-state index is 0.0241. The van der Waals surface area contributed by atoms with Gasteiger partial charge in [0.15, 0.2) is 0 Å². The van der Waals surface area contributed by atoms with E-state index in [-0.39, 0.29) is 22.2 Å². The van der Waals surface area contributed by atoms with Crippen LogP contribution in [0.1, 0.15) is 11.3 Å². The molecule has 0 spiro atoms. The standard InChI is InChI=1S/C26H23N3O3S/c1-18-13-20-14-19(11-12-23(20)28-18)15-27-26(30)17-29-16-25(22-9-5-6-10-24(22)29)33(31,32)21-7-3-2-4-8-21/h2-14,16,28H,15,17H2,1H3,(H,27,30). The number of carbonyl (C=O) groups is 1. The van der Waals surface area contributed by atoms with Crippen molar-refractivity contribution in [2.45, 2.75) is 29.8 Å². The molecule has 0 saturated carbocycles. The molecular formula is C26H23N3O3S. The average Bonchev–Trinajstić information content (AvgIpc) is 3.38. The van der Waals surface area contributed by atoms with Gasteiger partial charge in [0.05, 0.1) is 9.79 Å². The fourth-order valence-corrected chi connectivity index (χ4v) is 5.63. The Morgan fingerprint density at radius 1 is 0.970 bits per heavy atom. The minimum Gasteiger partial charge on any atom is -0.359 e. The van der Waals surface area contributed by atoms with E-state index in [4.69, 9.17) is 0 Å². The molecule has 0 aliphatic carbocycles. The first-order valence-corrected chi connectivity index (χ1v) is 12.1. The number of nitrogens with zero attached hydrogens (tertiary/aromatic N) is 1. The second-order valence-corrected chi connectivity index (χ2v) is 10.0. The van der Waals surface area contributed by atoms with Crippen LogP contribution in [0.15, 0.2) is 94.9 Å². The van der Waals surface area contributed by atoms with Gasteiger partial charge in [0.1, 0.15) is 6.54 Å². The fourth-order valence-electron chi connectivity index (χ4n) is 4.13. The SMILES string of the molecule is Cc1cc2cc(CNC(=O)Cn3cc(S(=O)(=O)c4ccccc4)c4ccccc43)ccc2[nH]1. The number of nitrogens with one attached hydrogen (secondary N) is 2. The van der Waals surface area contributed by atoms with Crippen LogP contribution in [0.4, 0.5) is 0 Å². The lowest BCUT2D eigenvalue weighted by atomic mass is 10.1. The van der Waals surface area contributed by atoms with Gasteiger partial charge in [-0.2, -0.15) is 0 Å². The normalized spacial score (nSPS) is 11.8. The Labute approximate surface area is 191 Å². The molecular weight excluding hydrogens is 434 g/mol. The number of hydrogen-bond acceptors (Lipinski definition) is 3. The summed E-state index contributed by atoms with van der Waals surface area (Å²) in [5, 5.41) is 4.65. The van der Waals surface area contributed by atoms with Crippen LogP contribution in [0.5, 0.6) is 0 Å². The third-order valence-electron chi connectivity index (χ3n) is 5.72. The van der Waals surface area contributed by atoms with Gasteiger partial charge in [-0.15, -0.1) is 0 Å². The number of H-pyrrole nitrogens is 1. The molecule has 33 heavy (non-hydrogen) atoms. The molecule has 2 aromatic heterocycles. The van der Waals surface area contributed by atoms with E-state index in [2.05, 4.69) is 22.4 Å². The van der Waals surface area contributed by atoms with Gasteiger partial charge >= 0.3 is 0 Å². The molecule has 0 saturated heterocycles. The maximum absolute atomic E-state index is 13.3. The molecule has 0 radical (unpaired) electrons. The molecule has 5 rings (SSSR count). The van der Waals surface area contributed by atoms with E-state index in [9.17, 15) is 13.2 Å². The molecule has 0 bridgehead atoms. The highest BCUT2D eigenvalue weighted by Crippen LogP contribution is 2.30. The summed E-state index contributed by atoms with van der Waals surface area (Å²) in [5.74, 6) is -0.190. The fraction of sp³-hybridized carbons (Fsp3) is 0.115. The van der Waals surface area contributed by atoms with Crippen LogP contribution in [0, 0.1) is 6.92 Å². The molecule has 1 amide bonds. The predicted molar refractivity (Wildman–Crippen MR) is 129 cm³/mol. The van der Waals surface area contributed by atoms with Crippen molar-refractivity contribution in [2.24, 2.45) is 0 Å². The number of aromatic amines is 1. The number of amides is 1. The summed E-state index contributed by atoms with van der Waals surface area (Å²) >= 11 is 0. The zero-order valence-corrected chi connectivity index (χ0v) is 18.9. The summed E-state index contributed by atoms with van der Waals surface area (Å²) in [7, 11) is -3.71. The van der Waals surface area contributed by atoms with Crippen LogP contribution < -0.4 is 5.32 Å². The minimum atomic E-state index is -3.71. The zero-order valence-electron chi connectivity index (χ0n) is 18.1. The van der Waals surface area contributed by atoms with Gasteiger partial charge in [-0.1, -0.05) is 42.5 Å². The zero-order chi connectivity index (χ0) is 23.0. The lowest BCUT2D eigenvalue weighted by Crippen LogP contribution is -2.26. The molecule has 6 nitrogen and oxygen atoms in total. The lowest BCUT2D eigenvalue weighted by Gasteiger charge is -2.08. The van der Waals surface area contributed by atoms with Crippen LogP contribution in [0.3, 0.4) is 0 Å². The molecule has 0 unspecified atom stereocenters. The summed E-state index contributed by atoms with van der Waals surface area (Å²) < 4.78 is 28.2.